The summed E-state index contributed by atoms with van der Waals surface area (Å²) in [5.74, 6) is 0.732. The molecule has 0 radical (unpaired) electrons. The van der Waals surface area contributed by atoms with Gasteiger partial charge >= 0.3 is 0 Å². The maximum absolute atomic E-state index is 5.76. The quantitative estimate of drug-likeness (QED) is 0.822. The molecule has 1 aromatic heterocycles. The molecule has 1 aromatic rings. The van der Waals surface area contributed by atoms with Gasteiger partial charge in [0.05, 0.1) is 6.20 Å². The van der Waals surface area contributed by atoms with Crippen molar-refractivity contribution in [2.75, 3.05) is 6.54 Å². The zero-order valence-electron chi connectivity index (χ0n) is 8.01. The highest BCUT2D eigenvalue weighted by Gasteiger charge is 2.01. The highest BCUT2D eigenvalue weighted by molar-refractivity contribution is 7.15. The van der Waals surface area contributed by atoms with Gasteiger partial charge in [-0.3, -0.25) is 0 Å². The Kier molecular flexibility index (Phi) is 4.70. The van der Waals surface area contributed by atoms with Crippen molar-refractivity contribution in [2.24, 2.45) is 5.92 Å². The van der Waals surface area contributed by atoms with Crippen LogP contribution < -0.4 is 5.32 Å². The van der Waals surface area contributed by atoms with E-state index in [1.807, 2.05) is 0 Å². The molecular formula is C9H15ClN2S. The van der Waals surface area contributed by atoms with Crippen molar-refractivity contribution in [3.63, 3.8) is 0 Å². The van der Waals surface area contributed by atoms with Gasteiger partial charge in [-0.1, -0.05) is 31.9 Å². The zero-order valence-corrected chi connectivity index (χ0v) is 9.58. The second kappa shape index (κ2) is 5.58. The largest absolute Gasteiger partial charge is 0.310 e. The first-order valence-electron chi connectivity index (χ1n) is 4.53. The fraction of sp³-hybridized carbons (Fsp3) is 0.667. The molecule has 2 nitrogen and oxygen atoms in total. The molecule has 0 fully saturated rings. The predicted octanol–water partition coefficient (Wildman–Crippen LogP) is 2.93. The Morgan fingerprint density at radius 3 is 3.00 bits per heavy atom. The van der Waals surface area contributed by atoms with E-state index in [4.69, 9.17) is 11.6 Å². The van der Waals surface area contributed by atoms with Gasteiger partial charge in [-0.05, 0) is 12.5 Å². The number of nitrogens with zero attached hydrogens (tertiary/aromatic N) is 1. The molecule has 0 aliphatic carbocycles. The summed E-state index contributed by atoms with van der Waals surface area (Å²) in [6, 6.07) is 0. The van der Waals surface area contributed by atoms with Gasteiger partial charge in [0, 0.05) is 6.54 Å². The van der Waals surface area contributed by atoms with Crippen LogP contribution in [0.15, 0.2) is 6.20 Å². The van der Waals surface area contributed by atoms with Crippen molar-refractivity contribution in [3.8, 4) is 0 Å². The molecule has 0 aliphatic heterocycles. The van der Waals surface area contributed by atoms with Crippen LogP contribution >= 0.6 is 22.9 Å². The Bertz CT molecular complexity index is 250. The summed E-state index contributed by atoms with van der Waals surface area (Å²) in [5.41, 5.74) is 0. The van der Waals surface area contributed by atoms with E-state index in [9.17, 15) is 0 Å². The van der Waals surface area contributed by atoms with Crippen molar-refractivity contribution in [1.82, 2.24) is 10.3 Å². The van der Waals surface area contributed by atoms with Gasteiger partial charge in [0.25, 0.3) is 0 Å². The molecule has 0 spiro atoms. The van der Waals surface area contributed by atoms with Crippen molar-refractivity contribution >= 4 is 22.9 Å². The van der Waals surface area contributed by atoms with Gasteiger partial charge in [-0.2, -0.15) is 0 Å². The molecule has 1 atom stereocenters. The van der Waals surface area contributed by atoms with Gasteiger partial charge in [0.1, 0.15) is 9.34 Å². The Morgan fingerprint density at radius 1 is 1.69 bits per heavy atom. The minimum absolute atomic E-state index is 0.732. The van der Waals surface area contributed by atoms with Crippen LogP contribution in [0.1, 0.15) is 25.3 Å². The molecule has 0 saturated carbocycles. The summed E-state index contributed by atoms with van der Waals surface area (Å²) >= 11 is 7.30. The normalized spacial score (nSPS) is 13.2. The summed E-state index contributed by atoms with van der Waals surface area (Å²) in [6.07, 6.45) is 2.91. The Balaban J connectivity index is 2.20. The lowest BCUT2D eigenvalue weighted by Crippen LogP contribution is -2.20. The van der Waals surface area contributed by atoms with Crippen molar-refractivity contribution < 1.29 is 0 Å². The van der Waals surface area contributed by atoms with Crippen LogP contribution in [0.3, 0.4) is 0 Å². The third-order valence-corrected chi connectivity index (χ3v) is 3.11. The molecule has 0 amide bonds. The molecule has 1 heterocycles. The average Bonchev–Trinajstić information content (AvgIpc) is 2.51. The lowest BCUT2D eigenvalue weighted by Gasteiger charge is -2.07. The summed E-state index contributed by atoms with van der Waals surface area (Å²) in [6.45, 7) is 6.32. The van der Waals surface area contributed by atoms with Crippen LogP contribution in [0, 0.1) is 5.92 Å². The standard InChI is InChI=1S/C9H15ClN2S/c1-3-7(2)4-11-6-9-12-5-8(10)13-9/h5,7,11H,3-4,6H2,1-2H3. The van der Waals surface area contributed by atoms with Crippen LogP contribution in [0.4, 0.5) is 0 Å². The van der Waals surface area contributed by atoms with E-state index >= 15 is 0 Å². The summed E-state index contributed by atoms with van der Waals surface area (Å²) in [7, 11) is 0. The molecular weight excluding hydrogens is 204 g/mol. The van der Waals surface area contributed by atoms with Gasteiger partial charge < -0.3 is 5.32 Å². The number of rotatable bonds is 5. The Hall–Kier alpha value is -0.120. The van der Waals surface area contributed by atoms with E-state index in [1.165, 1.54) is 17.8 Å². The topological polar surface area (TPSA) is 24.9 Å². The lowest BCUT2D eigenvalue weighted by atomic mass is 10.1. The van der Waals surface area contributed by atoms with Gasteiger partial charge in [0.2, 0.25) is 0 Å². The predicted molar refractivity (Wildman–Crippen MR) is 58.3 cm³/mol. The van der Waals surface area contributed by atoms with Gasteiger partial charge in [0.15, 0.2) is 0 Å². The molecule has 0 bridgehead atoms. The molecule has 0 aromatic carbocycles. The van der Waals surface area contributed by atoms with Crippen LogP contribution in [-0.4, -0.2) is 11.5 Å². The second-order valence-corrected chi connectivity index (χ2v) is 4.95. The zero-order chi connectivity index (χ0) is 9.68. The maximum atomic E-state index is 5.76. The monoisotopic (exact) mass is 218 g/mol. The number of nitrogens with one attached hydrogen (secondary N) is 1. The van der Waals surface area contributed by atoms with Gasteiger partial charge in [-0.15, -0.1) is 11.3 Å². The van der Waals surface area contributed by atoms with E-state index in [0.29, 0.717) is 0 Å². The molecule has 1 rings (SSSR count). The third-order valence-electron chi connectivity index (χ3n) is 1.99. The number of halogens is 1. The van der Waals surface area contributed by atoms with Crippen molar-refractivity contribution in [2.45, 2.75) is 26.8 Å². The highest BCUT2D eigenvalue weighted by Crippen LogP contribution is 2.17. The SMILES string of the molecule is CCC(C)CNCc1ncc(Cl)s1. The minimum Gasteiger partial charge on any atom is -0.310 e. The molecule has 74 valence electrons. The molecule has 0 aliphatic rings. The van der Waals surface area contributed by atoms with Crippen LogP contribution in [0.2, 0.25) is 4.34 Å². The number of hydrogen-bond acceptors (Lipinski definition) is 3. The third kappa shape index (κ3) is 4.07. The Morgan fingerprint density at radius 2 is 2.46 bits per heavy atom. The molecule has 4 heteroatoms. The summed E-state index contributed by atoms with van der Waals surface area (Å²) in [5, 5.41) is 4.42. The fourth-order valence-corrected chi connectivity index (χ4v) is 1.87. The van der Waals surface area contributed by atoms with E-state index in [1.54, 1.807) is 6.20 Å². The first-order valence-corrected chi connectivity index (χ1v) is 5.72. The smallest absolute Gasteiger partial charge is 0.113 e. The molecule has 0 saturated heterocycles. The first-order chi connectivity index (χ1) is 6.22. The van der Waals surface area contributed by atoms with Crippen LogP contribution in [0.5, 0.6) is 0 Å². The van der Waals surface area contributed by atoms with Gasteiger partial charge in [-0.25, -0.2) is 4.98 Å². The molecule has 1 unspecified atom stereocenters. The maximum Gasteiger partial charge on any atom is 0.113 e. The highest BCUT2D eigenvalue weighted by atomic mass is 35.5. The average molecular weight is 219 g/mol. The van der Waals surface area contributed by atoms with E-state index < -0.39 is 0 Å². The Labute approximate surface area is 88.3 Å². The minimum atomic E-state index is 0.732. The molecule has 13 heavy (non-hydrogen) atoms. The van der Waals surface area contributed by atoms with Crippen LogP contribution in [0.25, 0.3) is 0 Å². The van der Waals surface area contributed by atoms with E-state index in [-0.39, 0.29) is 0 Å². The number of hydrogen-bond donors (Lipinski definition) is 1. The summed E-state index contributed by atoms with van der Waals surface area (Å²) in [4.78, 5) is 4.16. The van der Waals surface area contributed by atoms with E-state index in [0.717, 1.165) is 28.4 Å². The molecule has 1 N–H and O–H groups in total. The number of aromatic nitrogens is 1. The fourth-order valence-electron chi connectivity index (χ4n) is 0.940. The van der Waals surface area contributed by atoms with Crippen molar-refractivity contribution in [3.05, 3.63) is 15.5 Å². The summed E-state index contributed by atoms with van der Waals surface area (Å²) < 4.78 is 0.764. The second-order valence-electron chi connectivity index (χ2n) is 3.20. The van der Waals surface area contributed by atoms with Crippen LogP contribution in [-0.2, 0) is 6.54 Å². The first kappa shape index (κ1) is 11.0. The lowest BCUT2D eigenvalue weighted by molar-refractivity contribution is 0.499. The van der Waals surface area contributed by atoms with Crippen molar-refractivity contribution in [1.29, 1.82) is 0 Å². The number of thiazole rings is 1. The van der Waals surface area contributed by atoms with E-state index in [2.05, 4.69) is 24.1 Å².